The molecule has 1 amide bonds. The van der Waals surface area contributed by atoms with Crippen molar-refractivity contribution in [1.82, 2.24) is 9.88 Å². The van der Waals surface area contributed by atoms with Crippen molar-refractivity contribution in [3.8, 4) is 11.3 Å². The molecule has 1 fully saturated rings. The van der Waals surface area contributed by atoms with E-state index in [1.54, 1.807) is 6.20 Å². The molecule has 114 valence electrons. The van der Waals surface area contributed by atoms with E-state index in [1.807, 2.05) is 48.2 Å². The molecule has 1 aliphatic rings. The lowest BCUT2D eigenvalue weighted by Crippen LogP contribution is -2.40. The van der Waals surface area contributed by atoms with E-state index in [0.29, 0.717) is 25.9 Å². The summed E-state index contributed by atoms with van der Waals surface area (Å²) in [4.78, 5) is 18.9. The molecule has 0 bridgehead atoms. The van der Waals surface area contributed by atoms with Crippen molar-refractivity contribution in [1.29, 1.82) is 0 Å². The molecule has 0 unspecified atom stereocenters. The van der Waals surface area contributed by atoms with Crippen molar-refractivity contribution < 1.29 is 9.90 Å². The molecular formula is C18H20N2O2. The fourth-order valence-electron chi connectivity index (χ4n) is 2.91. The molecule has 3 rings (SSSR count). The van der Waals surface area contributed by atoms with Crippen molar-refractivity contribution in [2.24, 2.45) is 0 Å². The number of aromatic nitrogens is 1. The average molecular weight is 296 g/mol. The maximum Gasteiger partial charge on any atom is 0.254 e. The number of likely N-dealkylation sites (tertiary alicyclic amines) is 1. The lowest BCUT2D eigenvalue weighted by Gasteiger charge is -2.30. The molecule has 4 nitrogen and oxygen atoms in total. The van der Waals surface area contributed by atoms with Gasteiger partial charge in [0.25, 0.3) is 5.91 Å². The molecule has 2 heterocycles. The van der Waals surface area contributed by atoms with Crippen molar-refractivity contribution in [3.63, 3.8) is 0 Å². The van der Waals surface area contributed by atoms with Gasteiger partial charge in [-0.1, -0.05) is 18.2 Å². The Balaban J connectivity index is 1.90. The van der Waals surface area contributed by atoms with Gasteiger partial charge in [-0.25, -0.2) is 0 Å². The molecule has 4 heteroatoms. The van der Waals surface area contributed by atoms with Gasteiger partial charge in [-0.05, 0) is 43.5 Å². The highest BCUT2D eigenvalue weighted by Gasteiger charge is 2.24. The number of rotatable bonds is 2. The standard InChI is InChI=1S/C18H20N2O2/c1-13-15(17-7-2-3-10-19-17)5-4-6-16(13)18(22)20-11-8-14(21)9-12-20/h2-7,10,14,21H,8-9,11-12H2,1H3. The van der Waals surface area contributed by atoms with Crippen LogP contribution in [0.5, 0.6) is 0 Å². The topological polar surface area (TPSA) is 53.4 Å². The first kappa shape index (κ1) is 14.7. The summed E-state index contributed by atoms with van der Waals surface area (Å²) in [7, 11) is 0. The third-order valence-corrected chi connectivity index (χ3v) is 4.26. The van der Waals surface area contributed by atoms with Crippen LogP contribution in [-0.4, -0.2) is 40.1 Å². The predicted molar refractivity (Wildman–Crippen MR) is 85.6 cm³/mol. The second-order valence-electron chi connectivity index (χ2n) is 5.72. The molecule has 22 heavy (non-hydrogen) atoms. The maximum absolute atomic E-state index is 12.7. The minimum atomic E-state index is -0.273. The highest BCUT2D eigenvalue weighted by Crippen LogP contribution is 2.25. The van der Waals surface area contributed by atoms with Crippen LogP contribution in [0.1, 0.15) is 28.8 Å². The quantitative estimate of drug-likeness (QED) is 0.927. The number of carbonyl (C=O) groups is 1. The lowest BCUT2D eigenvalue weighted by atomic mass is 9.98. The molecule has 0 radical (unpaired) electrons. The van der Waals surface area contributed by atoms with Gasteiger partial charge >= 0.3 is 0 Å². The summed E-state index contributed by atoms with van der Waals surface area (Å²) in [6.45, 7) is 3.20. The van der Waals surface area contributed by atoms with Gasteiger partial charge in [0.05, 0.1) is 11.8 Å². The Labute approximate surface area is 130 Å². The van der Waals surface area contributed by atoms with Gasteiger partial charge < -0.3 is 10.0 Å². The van der Waals surface area contributed by atoms with Crippen LogP contribution in [0.25, 0.3) is 11.3 Å². The van der Waals surface area contributed by atoms with Crippen LogP contribution in [0.4, 0.5) is 0 Å². The van der Waals surface area contributed by atoms with E-state index >= 15 is 0 Å². The number of nitrogens with zero attached hydrogens (tertiary/aromatic N) is 2. The van der Waals surface area contributed by atoms with Crippen LogP contribution in [-0.2, 0) is 0 Å². The SMILES string of the molecule is Cc1c(C(=O)N2CCC(O)CC2)cccc1-c1ccccn1. The monoisotopic (exact) mass is 296 g/mol. The average Bonchev–Trinajstić information content (AvgIpc) is 2.56. The predicted octanol–water partition coefficient (Wildman–Crippen LogP) is 2.65. The van der Waals surface area contributed by atoms with Crippen LogP contribution < -0.4 is 0 Å². The first-order valence-corrected chi connectivity index (χ1v) is 7.65. The first-order valence-electron chi connectivity index (χ1n) is 7.65. The van der Waals surface area contributed by atoms with Gasteiger partial charge in [-0.3, -0.25) is 9.78 Å². The lowest BCUT2D eigenvalue weighted by molar-refractivity contribution is 0.0546. The second kappa shape index (κ2) is 6.28. The van der Waals surface area contributed by atoms with Crippen molar-refractivity contribution in [3.05, 3.63) is 53.7 Å². The van der Waals surface area contributed by atoms with Crippen LogP contribution in [0, 0.1) is 6.92 Å². The molecule has 1 aromatic carbocycles. The summed E-state index contributed by atoms with van der Waals surface area (Å²) in [5.41, 5.74) is 3.55. The van der Waals surface area contributed by atoms with Crippen molar-refractivity contribution >= 4 is 5.91 Å². The summed E-state index contributed by atoms with van der Waals surface area (Å²) in [6.07, 6.45) is 2.80. The van der Waals surface area contributed by atoms with Gasteiger partial charge in [0, 0.05) is 30.4 Å². The molecular weight excluding hydrogens is 276 g/mol. The molecule has 1 saturated heterocycles. The zero-order valence-electron chi connectivity index (χ0n) is 12.7. The van der Waals surface area contributed by atoms with Gasteiger partial charge in [0.2, 0.25) is 0 Å². The smallest absolute Gasteiger partial charge is 0.254 e. The van der Waals surface area contributed by atoms with E-state index in [4.69, 9.17) is 0 Å². The zero-order valence-corrected chi connectivity index (χ0v) is 12.7. The number of benzene rings is 1. The summed E-state index contributed by atoms with van der Waals surface area (Å²) >= 11 is 0. The maximum atomic E-state index is 12.7. The van der Waals surface area contributed by atoms with Crippen LogP contribution in [0.2, 0.25) is 0 Å². The molecule has 1 aliphatic heterocycles. The van der Waals surface area contributed by atoms with E-state index in [0.717, 1.165) is 22.4 Å². The molecule has 0 aliphatic carbocycles. The van der Waals surface area contributed by atoms with Crippen molar-refractivity contribution in [2.75, 3.05) is 13.1 Å². The molecule has 0 spiro atoms. The fourth-order valence-corrected chi connectivity index (χ4v) is 2.91. The van der Waals surface area contributed by atoms with Crippen molar-refractivity contribution in [2.45, 2.75) is 25.9 Å². The Morgan fingerprint density at radius 2 is 1.95 bits per heavy atom. The van der Waals surface area contributed by atoms with E-state index in [9.17, 15) is 9.90 Å². The Morgan fingerprint density at radius 1 is 1.18 bits per heavy atom. The van der Waals surface area contributed by atoms with E-state index in [1.165, 1.54) is 0 Å². The van der Waals surface area contributed by atoms with Crippen LogP contribution in [0.3, 0.4) is 0 Å². The van der Waals surface area contributed by atoms with Crippen LogP contribution >= 0.6 is 0 Å². The Morgan fingerprint density at radius 3 is 2.64 bits per heavy atom. The summed E-state index contributed by atoms with van der Waals surface area (Å²) in [5, 5.41) is 9.58. The number of carbonyl (C=O) groups excluding carboxylic acids is 1. The number of aliphatic hydroxyl groups is 1. The van der Waals surface area contributed by atoms with E-state index in [-0.39, 0.29) is 12.0 Å². The normalized spacial score (nSPS) is 15.8. The van der Waals surface area contributed by atoms with Crippen LogP contribution in [0.15, 0.2) is 42.6 Å². The van der Waals surface area contributed by atoms with E-state index < -0.39 is 0 Å². The van der Waals surface area contributed by atoms with Gasteiger partial charge in [0.15, 0.2) is 0 Å². The van der Waals surface area contributed by atoms with Gasteiger partial charge in [-0.2, -0.15) is 0 Å². The number of pyridine rings is 1. The van der Waals surface area contributed by atoms with Gasteiger partial charge in [0.1, 0.15) is 0 Å². The summed E-state index contributed by atoms with van der Waals surface area (Å²) < 4.78 is 0. The number of amides is 1. The molecule has 2 aromatic rings. The largest absolute Gasteiger partial charge is 0.393 e. The first-order chi connectivity index (χ1) is 10.7. The van der Waals surface area contributed by atoms with Gasteiger partial charge in [-0.15, -0.1) is 0 Å². The third kappa shape index (κ3) is 2.88. The molecule has 0 saturated carbocycles. The third-order valence-electron chi connectivity index (χ3n) is 4.26. The molecule has 0 atom stereocenters. The number of piperidine rings is 1. The zero-order chi connectivity index (χ0) is 15.5. The number of aliphatic hydroxyl groups excluding tert-OH is 1. The highest BCUT2D eigenvalue weighted by atomic mass is 16.3. The number of hydrogen-bond donors (Lipinski definition) is 1. The Kier molecular flexibility index (Phi) is 4.20. The van der Waals surface area contributed by atoms with E-state index in [2.05, 4.69) is 4.98 Å². The second-order valence-corrected chi connectivity index (χ2v) is 5.72. The fraction of sp³-hybridized carbons (Fsp3) is 0.333. The molecule has 1 N–H and O–H groups in total. The Bertz CT molecular complexity index is 662. The summed E-state index contributed by atoms with van der Waals surface area (Å²) in [6, 6.07) is 11.6. The Hall–Kier alpha value is -2.20. The highest BCUT2D eigenvalue weighted by molar-refractivity contribution is 5.97. The minimum absolute atomic E-state index is 0.0437. The number of hydrogen-bond acceptors (Lipinski definition) is 3. The summed E-state index contributed by atoms with van der Waals surface area (Å²) in [5.74, 6) is 0.0437. The minimum Gasteiger partial charge on any atom is -0.393 e. The molecule has 1 aromatic heterocycles.